The first kappa shape index (κ1) is 17.3. The van der Waals surface area contributed by atoms with Gasteiger partial charge in [-0.1, -0.05) is 6.07 Å². The molecule has 1 saturated heterocycles. The first-order chi connectivity index (χ1) is 11.8. The van der Waals surface area contributed by atoms with E-state index in [-0.39, 0.29) is 11.7 Å². The predicted molar refractivity (Wildman–Crippen MR) is 100 cm³/mol. The number of anilines is 3. The van der Waals surface area contributed by atoms with Crippen LogP contribution in [0.3, 0.4) is 0 Å². The summed E-state index contributed by atoms with van der Waals surface area (Å²) in [4.78, 5) is 12.6. The first-order valence-corrected chi connectivity index (χ1v) is 9.67. The van der Waals surface area contributed by atoms with Gasteiger partial charge >= 0.3 is 0 Å². The van der Waals surface area contributed by atoms with Crippen molar-refractivity contribution in [3.8, 4) is 0 Å². The minimum atomic E-state index is -3.23. The number of benzene rings is 2. The Morgan fingerprint density at radius 3 is 2.52 bits per heavy atom. The molecule has 132 valence electrons. The van der Waals surface area contributed by atoms with Crippen molar-refractivity contribution in [1.82, 2.24) is 0 Å². The highest BCUT2D eigenvalue weighted by Gasteiger charge is 2.28. The number of hydrogen-bond acceptors (Lipinski definition) is 4. The topological polar surface area (TPSA) is 92.5 Å². The van der Waals surface area contributed by atoms with Crippen LogP contribution in [0.2, 0.25) is 0 Å². The molecule has 0 saturated carbocycles. The number of rotatable bonds is 3. The minimum absolute atomic E-state index is 0.170. The zero-order chi connectivity index (χ0) is 18.2. The van der Waals surface area contributed by atoms with Gasteiger partial charge in [0.25, 0.3) is 5.91 Å². The maximum Gasteiger partial charge on any atom is 0.255 e. The Balaban J connectivity index is 1.86. The van der Waals surface area contributed by atoms with E-state index in [1.165, 1.54) is 4.31 Å². The molecule has 0 aromatic heterocycles. The average molecular weight is 359 g/mol. The highest BCUT2D eigenvalue weighted by Crippen LogP contribution is 2.27. The van der Waals surface area contributed by atoms with Crippen LogP contribution in [-0.2, 0) is 10.0 Å². The van der Waals surface area contributed by atoms with Gasteiger partial charge < -0.3 is 11.1 Å². The van der Waals surface area contributed by atoms with Crippen molar-refractivity contribution in [3.05, 3.63) is 53.1 Å². The van der Waals surface area contributed by atoms with E-state index in [9.17, 15) is 13.2 Å². The van der Waals surface area contributed by atoms with Crippen molar-refractivity contribution in [2.75, 3.05) is 27.7 Å². The number of carbonyl (C=O) groups is 1. The number of hydrogen-bond donors (Lipinski definition) is 2. The Morgan fingerprint density at radius 2 is 1.88 bits per heavy atom. The van der Waals surface area contributed by atoms with Crippen molar-refractivity contribution >= 4 is 33.0 Å². The lowest BCUT2D eigenvalue weighted by atomic mass is 10.1. The lowest BCUT2D eigenvalue weighted by Crippen LogP contribution is -2.25. The molecule has 6 nitrogen and oxygen atoms in total. The maximum atomic E-state index is 12.6. The van der Waals surface area contributed by atoms with Crippen molar-refractivity contribution in [2.45, 2.75) is 20.3 Å². The second-order valence-corrected chi connectivity index (χ2v) is 8.28. The number of carbonyl (C=O) groups excluding carboxylic acids is 1. The summed E-state index contributed by atoms with van der Waals surface area (Å²) in [7, 11) is -3.23. The quantitative estimate of drug-likeness (QED) is 0.824. The Morgan fingerprint density at radius 1 is 1.12 bits per heavy atom. The molecule has 1 aliphatic rings. The number of sulfonamides is 1. The monoisotopic (exact) mass is 359 g/mol. The zero-order valence-corrected chi connectivity index (χ0v) is 15.1. The van der Waals surface area contributed by atoms with E-state index in [1.54, 1.807) is 37.3 Å². The second-order valence-electron chi connectivity index (χ2n) is 6.27. The van der Waals surface area contributed by atoms with Gasteiger partial charge in [-0.2, -0.15) is 0 Å². The summed E-state index contributed by atoms with van der Waals surface area (Å²) < 4.78 is 25.5. The van der Waals surface area contributed by atoms with Crippen molar-refractivity contribution in [1.29, 1.82) is 0 Å². The van der Waals surface area contributed by atoms with Gasteiger partial charge in [0.05, 0.1) is 11.4 Å². The molecule has 3 N–H and O–H groups in total. The van der Waals surface area contributed by atoms with E-state index in [1.807, 2.05) is 13.0 Å². The normalized spacial score (nSPS) is 16.0. The van der Waals surface area contributed by atoms with Gasteiger partial charge in [-0.05, 0) is 61.7 Å². The van der Waals surface area contributed by atoms with Gasteiger partial charge in [0.15, 0.2) is 0 Å². The molecule has 1 amide bonds. The van der Waals surface area contributed by atoms with E-state index in [4.69, 9.17) is 5.73 Å². The molecule has 1 fully saturated rings. The van der Waals surface area contributed by atoms with Crippen LogP contribution in [0.4, 0.5) is 17.1 Å². The number of nitrogen functional groups attached to an aromatic ring is 1. The molecule has 0 unspecified atom stereocenters. The van der Waals surface area contributed by atoms with Crippen LogP contribution in [0.15, 0.2) is 36.4 Å². The number of amides is 1. The van der Waals surface area contributed by atoms with Gasteiger partial charge in [-0.25, -0.2) is 8.42 Å². The lowest BCUT2D eigenvalue weighted by Gasteiger charge is -2.18. The molecule has 25 heavy (non-hydrogen) atoms. The summed E-state index contributed by atoms with van der Waals surface area (Å²) in [6, 6.07) is 10.4. The Hall–Kier alpha value is -2.54. The zero-order valence-electron chi connectivity index (χ0n) is 14.2. The third-order valence-corrected chi connectivity index (χ3v) is 6.22. The van der Waals surface area contributed by atoms with Crippen molar-refractivity contribution in [3.63, 3.8) is 0 Å². The Labute approximate surface area is 147 Å². The summed E-state index contributed by atoms with van der Waals surface area (Å²) in [6.45, 7) is 4.17. The fraction of sp³-hybridized carbons (Fsp3) is 0.278. The van der Waals surface area contributed by atoms with Gasteiger partial charge in [0.2, 0.25) is 10.0 Å². The molecule has 2 aromatic rings. The third-order valence-electron chi connectivity index (χ3n) is 4.35. The maximum absolute atomic E-state index is 12.6. The van der Waals surface area contributed by atoms with E-state index < -0.39 is 10.0 Å². The van der Waals surface area contributed by atoms with Crippen LogP contribution in [-0.4, -0.2) is 26.6 Å². The standard InChI is InChI=1S/C18H21N3O3S/c1-12-4-5-14(19)11-17(12)20-18(22)16-7-6-15(10-13(16)2)21-8-3-9-25(21,23)24/h4-7,10-11H,3,8-9,19H2,1-2H3,(H,20,22). The Bertz CT molecular complexity index is 939. The van der Waals surface area contributed by atoms with Gasteiger partial charge in [-0.3, -0.25) is 9.10 Å². The van der Waals surface area contributed by atoms with Crippen LogP contribution < -0.4 is 15.4 Å². The van der Waals surface area contributed by atoms with Gasteiger partial charge in [-0.15, -0.1) is 0 Å². The Kier molecular flexibility index (Phi) is 4.43. The molecule has 0 radical (unpaired) electrons. The van der Waals surface area contributed by atoms with Crippen molar-refractivity contribution < 1.29 is 13.2 Å². The molecular formula is C18H21N3O3S. The highest BCUT2D eigenvalue weighted by molar-refractivity contribution is 7.93. The van der Waals surface area contributed by atoms with Crippen molar-refractivity contribution in [2.24, 2.45) is 0 Å². The van der Waals surface area contributed by atoms with Gasteiger partial charge in [0, 0.05) is 23.5 Å². The second kappa shape index (κ2) is 6.40. The van der Waals surface area contributed by atoms with Crippen LogP contribution in [0.5, 0.6) is 0 Å². The molecule has 1 aliphatic heterocycles. The smallest absolute Gasteiger partial charge is 0.255 e. The van der Waals surface area contributed by atoms with E-state index in [0.717, 1.165) is 11.1 Å². The fourth-order valence-corrected chi connectivity index (χ4v) is 4.51. The summed E-state index contributed by atoms with van der Waals surface area (Å²) in [5.74, 6) is -0.0785. The third kappa shape index (κ3) is 3.46. The number of nitrogens with zero attached hydrogens (tertiary/aromatic N) is 1. The summed E-state index contributed by atoms with van der Waals surface area (Å²) >= 11 is 0. The lowest BCUT2D eigenvalue weighted by molar-refractivity contribution is 0.102. The molecular weight excluding hydrogens is 338 g/mol. The molecule has 0 aliphatic carbocycles. The van der Waals surface area contributed by atoms with Crippen LogP contribution in [0.25, 0.3) is 0 Å². The molecule has 7 heteroatoms. The first-order valence-electron chi connectivity index (χ1n) is 8.06. The summed E-state index contributed by atoms with van der Waals surface area (Å²) in [6.07, 6.45) is 0.623. The van der Waals surface area contributed by atoms with Crippen LogP contribution >= 0.6 is 0 Å². The molecule has 0 spiro atoms. The minimum Gasteiger partial charge on any atom is -0.399 e. The van der Waals surface area contributed by atoms with Gasteiger partial charge in [0.1, 0.15) is 0 Å². The molecule has 3 rings (SSSR count). The average Bonchev–Trinajstić information content (AvgIpc) is 2.90. The van der Waals surface area contributed by atoms with E-state index in [0.29, 0.717) is 35.6 Å². The largest absolute Gasteiger partial charge is 0.399 e. The number of nitrogens with two attached hydrogens (primary N) is 1. The summed E-state index contributed by atoms with van der Waals surface area (Å²) in [5.41, 5.74) is 9.75. The number of aryl methyl sites for hydroxylation is 2. The molecule has 2 aromatic carbocycles. The summed E-state index contributed by atoms with van der Waals surface area (Å²) in [5, 5.41) is 2.86. The fourth-order valence-electron chi connectivity index (χ4n) is 2.95. The van der Waals surface area contributed by atoms with Crippen LogP contribution in [0.1, 0.15) is 27.9 Å². The van der Waals surface area contributed by atoms with Crippen LogP contribution in [0, 0.1) is 13.8 Å². The van der Waals surface area contributed by atoms with E-state index >= 15 is 0 Å². The highest BCUT2D eigenvalue weighted by atomic mass is 32.2. The SMILES string of the molecule is Cc1ccc(N)cc1NC(=O)c1ccc(N2CCCS2(=O)=O)cc1C. The molecule has 0 bridgehead atoms. The van der Waals surface area contributed by atoms with E-state index in [2.05, 4.69) is 5.32 Å². The molecule has 1 heterocycles. The number of nitrogens with one attached hydrogen (secondary N) is 1. The predicted octanol–water partition coefficient (Wildman–Crippen LogP) is 2.68. The molecule has 0 atom stereocenters.